The van der Waals surface area contributed by atoms with Crippen molar-refractivity contribution in [2.75, 3.05) is 38.5 Å². The van der Waals surface area contributed by atoms with Crippen LogP contribution in [0.5, 0.6) is 0 Å². The molecule has 1 aromatic carbocycles. The Labute approximate surface area is 193 Å². The fraction of sp³-hybridized carbons (Fsp3) is 0.269. The molecular weight excluding hydrogens is 410 g/mol. The molecule has 4 heterocycles. The average molecular weight is 438 g/mol. The molecule has 0 aliphatic carbocycles. The summed E-state index contributed by atoms with van der Waals surface area (Å²) in [6.45, 7) is 7.23. The van der Waals surface area contributed by atoms with Crippen LogP contribution in [0.3, 0.4) is 0 Å². The Bertz CT molecular complexity index is 1330. The molecule has 5 rings (SSSR count). The fourth-order valence-corrected chi connectivity index (χ4v) is 4.44. The smallest absolute Gasteiger partial charge is 0.103 e. The van der Waals surface area contributed by atoms with E-state index in [1.54, 1.807) is 6.20 Å². The molecule has 0 radical (unpaired) electrons. The predicted molar refractivity (Wildman–Crippen MR) is 131 cm³/mol. The van der Waals surface area contributed by atoms with Gasteiger partial charge in [0.05, 0.1) is 11.3 Å². The number of fused-ring (bicyclic) bond motifs is 1. The number of anilines is 2. The first-order valence-electron chi connectivity index (χ1n) is 11.2. The van der Waals surface area contributed by atoms with Gasteiger partial charge in [-0.2, -0.15) is 5.26 Å². The second kappa shape index (κ2) is 9.02. The number of aromatic amines is 1. The van der Waals surface area contributed by atoms with Crippen LogP contribution in [0, 0.1) is 18.3 Å². The quantitative estimate of drug-likeness (QED) is 0.484. The van der Waals surface area contributed by atoms with Gasteiger partial charge in [-0.05, 0) is 49.4 Å². The summed E-state index contributed by atoms with van der Waals surface area (Å²) in [7, 11) is 2.17. The second-order valence-electron chi connectivity index (χ2n) is 8.68. The van der Waals surface area contributed by atoms with E-state index in [4.69, 9.17) is 0 Å². The molecule has 0 amide bonds. The highest BCUT2D eigenvalue weighted by atomic mass is 15.2. The number of pyridine rings is 2. The number of benzene rings is 1. The van der Waals surface area contributed by atoms with Crippen LogP contribution in [0.2, 0.25) is 0 Å². The van der Waals surface area contributed by atoms with Crippen LogP contribution in [0.4, 0.5) is 11.4 Å². The summed E-state index contributed by atoms with van der Waals surface area (Å²) in [5, 5.41) is 14.5. The molecule has 4 aromatic rings. The van der Waals surface area contributed by atoms with Gasteiger partial charge in [-0.15, -0.1) is 0 Å². The second-order valence-corrected chi connectivity index (χ2v) is 8.68. The number of aromatic nitrogens is 3. The zero-order valence-corrected chi connectivity index (χ0v) is 19.0. The molecule has 1 aliphatic heterocycles. The van der Waals surface area contributed by atoms with E-state index < -0.39 is 0 Å². The number of rotatable bonds is 5. The lowest BCUT2D eigenvalue weighted by molar-refractivity contribution is 0.148. The minimum atomic E-state index is 0.505. The van der Waals surface area contributed by atoms with Crippen LogP contribution in [-0.4, -0.2) is 58.0 Å². The zero-order valence-electron chi connectivity index (χ0n) is 19.0. The maximum Gasteiger partial charge on any atom is 0.103 e. The molecule has 0 spiro atoms. The Morgan fingerprint density at radius 2 is 1.88 bits per heavy atom. The van der Waals surface area contributed by atoms with Crippen molar-refractivity contribution in [3.63, 3.8) is 0 Å². The normalized spacial score (nSPS) is 14.9. The van der Waals surface area contributed by atoms with E-state index in [2.05, 4.69) is 68.3 Å². The maximum absolute atomic E-state index is 9.81. The number of aryl methyl sites for hydroxylation is 1. The van der Waals surface area contributed by atoms with Crippen molar-refractivity contribution in [1.82, 2.24) is 24.8 Å². The number of nitrogens with one attached hydrogen (secondary N) is 2. The minimum absolute atomic E-state index is 0.505. The first kappa shape index (κ1) is 21.1. The number of hydrogen-bond acceptors (Lipinski definition) is 6. The Kier molecular flexibility index (Phi) is 5.78. The van der Waals surface area contributed by atoms with E-state index >= 15 is 0 Å². The number of hydrogen-bond donors (Lipinski definition) is 2. The van der Waals surface area contributed by atoms with E-state index in [9.17, 15) is 5.26 Å². The van der Waals surface area contributed by atoms with Crippen molar-refractivity contribution in [3.8, 4) is 17.2 Å². The predicted octanol–water partition coefficient (Wildman–Crippen LogP) is 4.30. The van der Waals surface area contributed by atoms with Gasteiger partial charge < -0.3 is 15.2 Å². The molecule has 7 nitrogen and oxygen atoms in total. The summed E-state index contributed by atoms with van der Waals surface area (Å²) < 4.78 is 0. The largest absolute Gasteiger partial charge is 0.361 e. The number of nitrogens with zero attached hydrogens (tertiary/aromatic N) is 5. The lowest BCUT2D eigenvalue weighted by Crippen LogP contribution is -2.43. The average Bonchev–Trinajstić information content (AvgIpc) is 3.32. The molecule has 0 saturated carbocycles. The van der Waals surface area contributed by atoms with Gasteiger partial charge in [0.25, 0.3) is 0 Å². The van der Waals surface area contributed by atoms with Crippen molar-refractivity contribution in [3.05, 3.63) is 71.9 Å². The van der Waals surface area contributed by atoms with Crippen molar-refractivity contribution in [2.45, 2.75) is 13.5 Å². The molecule has 0 unspecified atom stereocenters. The summed E-state index contributed by atoms with van der Waals surface area (Å²) in [4.78, 5) is 16.9. The van der Waals surface area contributed by atoms with Crippen LogP contribution in [0.15, 0.2) is 55.2 Å². The molecular formula is C26H27N7. The van der Waals surface area contributed by atoms with Crippen LogP contribution in [0.1, 0.15) is 16.7 Å². The summed E-state index contributed by atoms with van der Waals surface area (Å²) in [6, 6.07) is 10.6. The summed E-state index contributed by atoms with van der Waals surface area (Å²) in [5.74, 6) is 0. The van der Waals surface area contributed by atoms with Crippen molar-refractivity contribution < 1.29 is 0 Å². The third-order valence-corrected chi connectivity index (χ3v) is 6.44. The number of H-pyrrole nitrogens is 1. The third kappa shape index (κ3) is 4.31. The van der Waals surface area contributed by atoms with E-state index in [0.29, 0.717) is 5.56 Å². The van der Waals surface area contributed by atoms with E-state index in [1.165, 1.54) is 0 Å². The van der Waals surface area contributed by atoms with Gasteiger partial charge >= 0.3 is 0 Å². The number of piperazine rings is 1. The Morgan fingerprint density at radius 3 is 2.70 bits per heavy atom. The van der Waals surface area contributed by atoms with Gasteiger partial charge in [-0.1, -0.05) is 0 Å². The molecule has 7 heteroatoms. The Hall–Kier alpha value is -3.73. The van der Waals surface area contributed by atoms with Crippen LogP contribution in [-0.2, 0) is 6.54 Å². The standard InChI is InChI=1S/C26H27N7/c1-18-22-5-6-30-25(22)4-3-24(18)31-26-21(12-27)15-29-16-23(26)20-11-19(13-28-14-20)17-33-9-7-32(2)8-10-33/h3-6,11,13-16,30H,7-10,17H2,1-2H3,(H,29,31). The number of nitriles is 1. The van der Waals surface area contributed by atoms with E-state index in [0.717, 1.165) is 77.3 Å². The maximum atomic E-state index is 9.81. The van der Waals surface area contributed by atoms with E-state index in [1.807, 2.05) is 30.9 Å². The SMILES string of the molecule is Cc1c(Nc2c(C#N)cncc2-c2cncc(CN3CCN(C)CC3)c2)ccc2[nH]ccc12. The molecule has 3 aromatic heterocycles. The monoisotopic (exact) mass is 437 g/mol. The van der Waals surface area contributed by atoms with Gasteiger partial charge in [0.2, 0.25) is 0 Å². The molecule has 1 aliphatic rings. The lowest BCUT2D eigenvalue weighted by atomic mass is 10.0. The van der Waals surface area contributed by atoms with E-state index in [-0.39, 0.29) is 0 Å². The van der Waals surface area contributed by atoms with Gasteiger partial charge in [-0.3, -0.25) is 14.9 Å². The zero-order chi connectivity index (χ0) is 22.8. The third-order valence-electron chi connectivity index (χ3n) is 6.44. The Morgan fingerprint density at radius 1 is 1.06 bits per heavy atom. The van der Waals surface area contributed by atoms with Crippen molar-refractivity contribution in [1.29, 1.82) is 5.26 Å². The van der Waals surface area contributed by atoms with Gasteiger partial charge in [0.15, 0.2) is 0 Å². The molecule has 0 atom stereocenters. The summed E-state index contributed by atoms with van der Waals surface area (Å²) >= 11 is 0. The number of likely N-dealkylation sites (N-methyl/N-ethyl adjacent to an activating group) is 1. The van der Waals surface area contributed by atoms with Crippen LogP contribution >= 0.6 is 0 Å². The highest BCUT2D eigenvalue weighted by Gasteiger charge is 2.17. The summed E-state index contributed by atoms with van der Waals surface area (Å²) in [6.07, 6.45) is 9.14. The molecule has 1 saturated heterocycles. The van der Waals surface area contributed by atoms with Gasteiger partial charge in [0, 0.05) is 91.4 Å². The fourth-order valence-electron chi connectivity index (χ4n) is 4.44. The highest BCUT2D eigenvalue weighted by molar-refractivity contribution is 5.91. The molecule has 1 fully saturated rings. The van der Waals surface area contributed by atoms with Gasteiger partial charge in [0.1, 0.15) is 6.07 Å². The molecule has 33 heavy (non-hydrogen) atoms. The lowest BCUT2D eigenvalue weighted by Gasteiger charge is -2.32. The van der Waals surface area contributed by atoms with Crippen LogP contribution < -0.4 is 5.32 Å². The van der Waals surface area contributed by atoms with Crippen LogP contribution in [0.25, 0.3) is 22.0 Å². The first-order valence-corrected chi connectivity index (χ1v) is 11.2. The first-order chi connectivity index (χ1) is 16.1. The van der Waals surface area contributed by atoms with Crippen molar-refractivity contribution >= 4 is 22.3 Å². The summed E-state index contributed by atoms with van der Waals surface area (Å²) in [5.41, 5.74) is 7.43. The minimum Gasteiger partial charge on any atom is -0.361 e. The molecule has 2 N–H and O–H groups in total. The Balaban J connectivity index is 1.49. The van der Waals surface area contributed by atoms with Gasteiger partial charge in [-0.25, -0.2) is 0 Å². The van der Waals surface area contributed by atoms with Crippen molar-refractivity contribution in [2.24, 2.45) is 0 Å². The molecule has 0 bridgehead atoms. The molecule has 166 valence electrons. The highest BCUT2D eigenvalue weighted by Crippen LogP contribution is 2.35. The topological polar surface area (TPSA) is 83.9 Å².